The molecular weight excluding hydrogens is 260 g/mol. The molecule has 1 saturated heterocycles. The summed E-state index contributed by atoms with van der Waals surface area (Å²) in [7, 11) is -3.09. The van der Waals surface area contributed by atoms with E-state index in [1.165, 1.54) is 0 Å². The Kier molecular flexibility index (Phi) is 4.07. The van der Waals surface area contributed by atoms with Gasteiger partial charge in [-0.3, -0.25) is 0 Å². The Hall–Kier alpha value is -0.580. The van der Waals surface area contributed by atoms with Crippen LogP contribution in [-0.4, -0.2) is 26.9 Å². The Labute approximate surface area is 107 Å². The highest BCUT2D eigenvalue weighted by molar-refractivity contribution is 7.91. The first kappa shape index (κ1) is 12.9. The molecule has 0 aromatic heterocycles. The van der Waals surface area contributed by atoms with Gasteiger partial charge in [0.2, 0.25) is 0 Å². The highest BCUT2D eigenvalue weighted by Crippen LogP contribution is 2.21. The lowest BCUT2D eigenvalue weighted by atomic mass is 10.2. The molecule has 3 nitrogen and oxygen atoms in total. The number of hydrogen-bond acceptors (Lipinski definition) is 3. The van der Waals surface area contributed by atoms with Crippen LogP contribution in [0.3, 0.4) is 0 Å². The molecule has 0 bridgehead atoms. The average molecular weight is 275 g/mol. The van der Waals surface area contributed by atoms with Gasteiger partial charge >= 0.3 is 0 Å². The van der Waals surface area contributed by atoms with Crippen LogP contribution in [0, 0.1) is 0 Å². The zero-order valence-electron chi connectivity index (χ0n) is 9.43. The molecule has 1 heterocycles. The maximum absolute atomic E-state index is 12.2. The monoisotopic (exact) mass is 274 g/mol. The van der Waals surface area contributed by atoms with Crippen molar-refractivity contribution in [1.82, 2.24) is 0 Å². The van der Waals surface area contributed by atoms with Gasteiger partial charge in [-0.2, -0.15) is 0 Å². The quantitative estimate of drug-likeness (QED) is 0.850. The lowest BCUT2D eigenvalue weighted by Crippen LogP contribution is -2.29. The number of sulfone groups is 1. The van der Waals surface area contributed by atoms with Crippen molar-refractivity contribution in [2.75, 3.05) is 13.2 Å². The van der Waals surface area contributed by atoms with Gasteiger partial charge in [-0.05, 0) is 30.5 Å². The fourth-order valence-corrected chi connectivity index (χ4v) is 4.02. The lowest BCUT2D eigenvalue weighted by molar-refractivity contribution is 0.0983. The maximum Gasteiger partial charge on any atom is 0.157 e. The number of halogens is 1. The fraction of sp³-hybridized carbons (Fsp3) is 0.500. The van der Waals surface area contributed by atoms with Crippen molar-refractivity contribution >= 4 is 21.4 Å². The van der Waals surface area contributed by atoms with E-state index in [1.807, 2.05) is 0 Å². The third-order valence-electron chi connectivity index (χ3n) is 2.93. The molecule has 0 N–H and O–H groups in total. The zero-order valence-corrected chi connectivity index (χ0v) is 11.0. The first-order valence-corrected chi connectivity index (χ1v) is 7.71. The van der Waals surface area contributed by atoms with E-state index < -0.39 is 9.84 Å². The third-order valence-corrected chi connectivity index (χ3v) is 5.39. The summed E-state index contributed by atoms with van der Waals surface area (Å²) >= 11 is 5.84. The Morgan fingerprint density at radius 2 is 2.00 bits per heavy atom. The van der Waals surface area contributed by atoms with Crippen LogP contribution in [0.2, 0.25) is 5.02 Å². The van der Waals surface area contributed by atoms with Crippen LogP contribution < -0.4 is 0 Å². The van der Waals surface area contributed by atoms with Crippen molar-refractivity contribution in [3.63, 3.8) is 0 Å². The summed E-state index contributed by atoms with van der Waals surface area (Å²) in [5, 5.41) is 0.305. The van der Waals surface area contributed by atoms with Gasteiger partial charge in [0, 0.05) is 18.2 Å². The van der Waals surface area contributed by atoms with Gasteiger partial charge in [-0.15, -0.1) is 0 Å². The van der Waals surface area contributed by atoms with Crippen molar-refractivity contribution in [1.29, 1.82) is 0 Å². The molecule has 1 aliphatic heterocycles. The van der Waals surface area contributed by atoms with Gasteiger partial charge in [0.25, 0.3) is 0 Å². The molecule has 0 atom stereocenters. The van der Waals surface area contributed by atoms with Gasteiger partial charge in [0.05, 0.1) is 11.0 Å². The largest absolute Gasteiger partial charge is 0.381 e. The molecule has 0 saturated carbocycles. The van der Waals surface area contributed by atoms with Gasteiger partial charge in [0.1, 0.15) is 0 Å². The van der Waals surface area contributed by atoms with E-state index in [0.717, 1.165) is 5.56 Å². The van der Waals surface area contributed by atoms with E-state index in [0.29, 0.717) is 31.1 Å². The molecule has 94 valence electrons. The second kappa shape index (κ2) is 5.38. The zero-order chi connectivity index (χ0) is 12.3. The summed E-state index contributed by atoms with van der Waals surface area (Å²) in [6, 6.07) is 7.02. The minimum atomic E-state index is -3.09. The van der Waals surface area contributed by atoms with Gasteiger partial charge < -0.3 is 4.74 Å². The maximum atomic E-state index is 12.2. The molecule has 0 aliphatic carbocycles. The number of hydrogen-bond donors (Lipinski definition) is 0. The van der Waals surface area contributed by atoms with E-state index in [2.05, 4.69) is 0 Å². The molecule has 1 aliphatic rings. The van der Waals surface area contributed by atoms with E-state index in [4.69, 9.17) is 16.3 Å². The molecule has 17 heavy (non-hydrogen) atoms. The molecule has 1 aromatic carbocycles. The second-order valence-electron chi connectivity index (χ2n) is 4.25. The van der Waals surface area contributed by atoms with Crippen LogP contribution in [-0.2, 0) is 20.3 Å². The average Bonchev–Trinajstić information content (AvgIpc) is 2.29. The van der Waals surface area contributed by atoms with Crippen LogP contribution in [0.1, 0.15) is 18.4 Å². The summed E-state index contributed by atoms with van der Waals surface area (Å²) in [5.41, 5.74) is 0.754. The van der Waals surface area contributed by atoms with E-state index in [1.54, 1.807) is 24.3 Å². The first-order valence-electron chi connectivity index (χ1n) is 5.62. The molecule has 0 radical (unpaired) electrons. The Morgan fingerprint density at radius 1 is 1.29 bits per heavy atom. The van der Waals surface area contributed by atoms with Crippen LogP contribution >= 0.6 is 11.6 Å². The SMILES string of the molecule is O=S(=O)(Cc1cccc(Cl)c1)C1CCOCC1. The normalized spacial score (nSPS) is 18.2. The molecule has 0 amide bonds. The predicted octanol–water partition coefficient (Wildman–Crippen LogP) is 2.43. The summed E-state index contributed by atoms with van der Waals surface area (Å²) < 4.78 is 29.5. The fourth-order valence-electron chi connectivity index (χ4n) is 2.01. The van der Waals surface area contributed by atoms with Crippen LogP contribution in [0.15, 0.2) is 24.3 Å². The highest BCUT2D eigenvalue weighted by Gasteiger charge is 2.27. The molecule has 0 spiro atoms. The number of rotatable bonds is 3. The minimum absolute atomic E-state index is 0.0677. The third kappa shape index (κ3) is 3.44. The Balaban J connectivity index is 2.11. The van der Waals surface area contributed by atoms with Gasteiger partial charge in [-0.25, -0.2) is 8.42 Å². The highest BCUT2D eigenvalue weighted by atomic mass is 35.5. The molecule has 1 fully saturated rings. The van der Waals surface area contributed by atoms with E-state index in [-0.39, 0.29) is 11.0 Å². The standard InChI is InChI=1S/C12H15ClO3S/c13-11-3-1-2-10(8-11)9-17(14,15)12-4-6-16-7-5-12/h1-3,8,12H,4-7,9H2. The summed E-state index contributed by atoms with van der Waals surface area (Å²) in [6.45, 7) is 1.08. The van der Waals surface area contributed by atoms with Crippen molar-refractivity contribution in [2.45, 2.75) is 23.8 Å². The number of ether oxygens (including phenoxy) is 1. The van der Waals surface area contributed by atoms with Crippen molar-refractivity contribution in [3.05, 3.63) is 34.9 Å². The van der Waals surface area contributed by atoms with E-state index in [9.17, 15) is 8.42 Å². The molecule has 0 unspecified atom stereocenters. The van der Waals surface area contributed by atoms with Crippen LogP contribution in [0.4, 0.5) is 0 Å². The topological polar surface area (TPSA) is 43.4 Å². The summed E-state index contributed by atoms with van der Waals surface area (Å²) in [4.78, 5) is 0. The minimum Gasteiger partial charge on any atom is -0.381 e. The Morgan fingerprint density at radius 3 is 2.65 bits per heavy atom. The second-order valence-corrected chi connectivity index (χ2v) is 6.97. The van der Waals surface area contributed by atoms with Crippen molar-refractivity contribution in [3.8, 4) is 0 Å². The molecular formula is C12H15ClO3S. The lowest BCUT2D eigenvalue weighted by Gasteiger charge is -2.22. The molecule has 2 rings (SSSR count). The molecule has 1 aromatic rings. The van der Waals surface area contributed by atoms with Gasteiger partial charge in [-0.1, -0.05) is 23.7 Å². The Bertz CT molecular complexity index is 478. The van der Waals surface area contributed by atoms with Crippen LogP contribution in [0.5, 0.6) is 0 Å². The van der Waals surface area contributed by atoms with Crippen LogP contribution in [0.25, 0.3) is 0 Å². The predicted molar refractivity (Wildman–Crippen MR) is 67.9 cm³/mol. The first-order chi connectivity index (χ1) is 8.08. The number of benzene rings is 1. The molecule has 5 heteroatoms. The smallest absolute Gasteiger partial charge is 0.157 e. The van der Waals surface area contributed by atoms with Crippen molar-refractivity contribution < 1.29 is 13.2 Å². The van der Waals surface area contributed by atoms with Gasteiger partial charge in [0.15, 0.2) is 9.84 Å². The van der Waals surface area contributed by atoms with E-state index >= 15 is 0 Å². The summed E-state index contributed by atoms with van der Waals surface area (Å²) in [5.74, 6) is 0.0677. The summed E-state index contributed by atoms with van der Waals surface area (Å²) in [6.07, 6.45) is 1.20. The van der Waals surface area contributed by atoms with Crippen molar-refractivity contribution in [2.24, 2.45) is 0 Å².